The van der Waals surface area contributed by atoms with Crippen LogP contribution in [0.2, 0.25) is 0 Å². The Kier molecular flexibility index (Phi) is 6.63. The number of allylic oxidation sites excluding steroid dienone is 2. The summed E-state index contributed by atoms with van der Waals surface area (Å²) in [5.74, 6) is 0. The summed E-state index contributed by atoms with van der Waals surface area (Å²) in [6, 6.07) is 25.2. The van der Waals surface area contributed by atoms with E-state index in [0.717, 1.165) is 28.9 Å². The van der Waals surface area contributed by atoms with Crippen molar-refractivity contribution in [1.29, 1.82) is 0 Å². The Morgan fingerprint density at radius 3 is 2.38 bits per heavy atom. The molecule has 0 aromatic heterocycles. The monoisotopic (exact) mass is 460 g/mol. The number of sulfonamides is 1. The minimum Gasteiger partial charge on any atom is -0.343 e. The van der Waals surface area contributed by atoms with Crippen LogP contribution in [-0.2, 0) is 16.6 Å². The fourth-order valence-corrected chi connectivity index (χ4v) is 5.20. The molecule has 4 nitrogen and oxygen atoms in total. The van der Waals surface area contributed by atoms with Gasteiger partial charge in [0.25, 0.3) is 10.0 Å². The number of hydrogen-bond acceptors (Lipinski definition) is 4. The minimum atomic E-state index is -3.78. The molecule has 0 atom stereocenters. The Bertz CT molecular complexity index is 1290. The van der Waals surface area contributed by atoms with Gasteiger partial charge in [0, 0.05) is 24.0 Å². The molecule has 4 rings (SSSR count). The highest BCUT2D eigenvalue weighted by Crippen LogP contribution is 2.34. The Balaban J connectivity index is 1.68. The second-order valence-corrected chi connectivity index (χ2v) is 9.90. The Morgan fingerprint density at radius 2 is 1.66 bits per heavy atom. The third kappa shape index (κ3) is 5.03. The van der Waals surface area contributed by atoms with E-state index in [1.807, 2.05) is 61.9 Å². The molecule has 32 heavy (non-hydrogen) atoms. The number of anilines is 1. The molecule has 0 bridgehead atoms. The molecule has 1 aliphatic rings. The van der Waals surface area contributed by atoms with Crippen LogP contribution in [0.5, 0.6) is 0 Å². The van der Waals surface area contributed by atoms with Crippen molar-refractivity contribution in [3.05, 3.63) is 114 Å². The van der Waals surface area contributed by atoms with E-state index in [0.29, 0.717) is 5.04 Å². The lowest BCUT2D eigenvalue weighted by Gasteiger charge is -2.28. The number of aryl methyl sites for hydroxylation is 1. The standard InChI is InChI=1S/C26H24N2O2S2/c1-20-12-14-23(15-13-20)32(29,30)27-26(31-2)18-22-16-17-28(19-21-8-4-3-5-9-21)25-11-7-6-10-24(22)25/h3-18H,19H2,1-2H3/b22-18+,27-26?. The summed E-state index contributed by atoms with van der Waals surface area (Å²) in [5.41, 5.74) is 5.27. The second-order valence-electron chi connectivity index (χ2n) is 7.47. The van der Waals surface area contributed by atoms with Crippen molar-refractivity contribution < 1.29 is 8.42 Å². The van der Waals surface area contributed by atoms with E-state index in [4.69, 9.17) is 0 Å². The summed E-state index contributed by atoms with van der Waals surface area (Å²) in [4.78, 5) is 2.39. The van der Waals surface area contributed by atoms with E-state index in [2.05, 4.69) is 33.6 Å². The van der Waals surface area contributed by atoms with Gasteiger partial charge in [0.15, 0.2) is 0 Å². The summed E-state index contributed by atoms with van der Waals surface area (Å²) in [5, 5.41) is 0.441. The lowest BCUT2D eigenvalue weighted by atomic mass is 9.99. The first-order valence-electron chi connectivity index (χ1n) is 10.2. The second kappa shape index (κ2) is 9.59. The normalized spacial score (nSPS) is 15.1. The summed E-state index contributed by atoms with van der Waals surface area (Å²) in [6.07, 6.45) is 7.72. The van der Waals surface area contributed by atoms with E-state index in [9.17, 15) is 8.42 Å². The van der Waals surface area contributed by atoms with Gasteiger partial charge in [0.1, 0.15) is 5.04 Å². The zero-order chi connectivity index (χ0) is 22.6. The molecular weight excluding hydrogens is 436 g/mol. The number of benzene rings is 3. The molecule has 1 aliphatic heterocycles. The predicted molar refractivity (Wildman–Crippen MR) is 135 cm³/mol. The van der Waals surface area contributed by atoms with Gasteiger partial charge in [-0.25, -0.2) is 0 Å². The van der Waals surface area contributed by atoms with E-state index in [1.165, 1.54) is 17.3 Å². The molecule has 3 aromatic carbocycles. The van der Waals surface area contributed by atoms with Gasteiger partial charge in [-0.3, -0.25) is 0 Å². The molecule has 0 radical (unpaired) electrons. The molecule has 0 N–H and O–H groups in total. The van der Waals surface area contributed by atoms with Crippen LogP contribution >= 0.6 is 11.8 Å². The first-order chi connectivity index (χ1) is 15.5. The van der Waals surface area contributed by atoms with Crippen molar-refractivity contribution in [3.8, 4) is 0 Å². The van der Waals surface area contributed by atoms with Gasteiger partial charge < -0.3 is 4.90 Å². The summed E-state index contributed by atoms with van der Waals surface area (Å²) < 4.78 is 29.7. The van der Waals surface area contributed by atoms with Gasteiger partial charge in [-0.15, -0.1) is 11.8 Å². The molecule has 3 aromatic rings. The van der Waals surface area contributed by atoms with Gasteiger partial charge in [-0.2, -0.15) is 12.8 Å². The molecule has 162 valence electrons. The zero-order valence-electron chi connectivity index (χ0n) is 18.0. The van der Waals surface area contributed by atoms with Crippen molar-refractivity contribution in [2.24, 2.45) is 4.40 Å². The average molecular weight is 461 g/mol. The van der Waals surface area contributed by atoms with Crippen LogP contribution in [0.25, 0.3) is 5.57 Å². The van der Waals surface area contributed by atoms with Crippen molar-refractivity contribution in [1.82, 2.24) is 0 Å². The summed E-state index contributed by atoms with van der Waals surface area (Å²) >= 11 is 1.31. The summed E-state index contributed by atoms with van der Waals surface area (Å²) in [6.45, 7) is 2.68. The van der Waals surface area contributed by atoms with Gasteiger partial charge in [0.05, 0.1) is 4.90 Å². The van der Waals surface area contributed by atoms with Crippen LogP contribution in [0, 0.1) is 6.92 Å². The number of hydrogen-bond donors (Lipinski definition) is 0. The van der Waals surface area contributed by atoms with Crippen LogP contribution in [0.1, 0.15) is 16.7 Å². The van der Waals surface area contributed by atoms with Gasteiger partial charge in [0.2, 0.25) is 0 Å². The van der Waals surface area contributed by atoms with Crippen molar-refractivity contribution >= 4 is 38.1 Å². The van der Waals surface area contributed by atoms with Crippen LogP contribution in [0.3, 0.4) is 0 Å². The third-order valence-corrected chi connectivity index (χ3v) is 7.22. The summed E-state index contributed by atoms with van der Waals surface area (Å²) in [7, 11) is -3.78. The van der Waals surface area contributed by atoms with Crippen molar-refractivity contribution in [2.45, 2.75) is 18.4 Å². The zero-order valence-corrected chi connectivity index (χ0v) is 19.6. The highest BCUT2D eigenvalue weighted by molar-refractivity contribution is 8.14. The first-order valence-corrected chi connectivity index (χ1v) is 12.9. The molecule has 0 amide bonds. The maximum Gasteiger partial charge on any atom is 0.283 e. The molecule has 6 heteroatoms. The maximum absolute atomic E-state index is 12.8. The van der Waals surface area contributed by atoms with Crippen LogP contribution in [-0.4, -0.2) is 19.7 Å². The quantitative estimate of drug-likeness (QED) is 0.343. The smallest absolute Gasteiger partial charge is 0.283 e. The van der Waals surface area contributed by atoms with E-state index >= 15 is 0 Å². The molecule has 0 saturated heterocycles. The molecule has 0 fully saturated rings. The number of thioether (sulfide) groups is 1. The molecule has 0 spiro atoms. The van der Waals surface area contributed by atoms with E-state index in [1.54, 1.807) is 24.3 Å². The predicted octanol–water partition coefficient (Wildman–Crippen LogP) is 6.06. The average Bonchev–Trinajstić information content (AvgIpc) is 2.81. The van der Waals surface area contributed by atoms with Gasteiger partial charge in [-0.05, 0) is 54.7 Å². The Hall–Kier alpha value is -3.09. The molecule has 0 saturated carbocycles. The Labute approximate surface area is 194 Å². The lowest BCUT2D eigenvalue weighted by Crippen LogP contribution is -2.19. The van der Waals surface area contributed by atoms with Gasteiger partial charge >= 0.3 is 0 Å². The first kappa shape index (κ1) is 22.1. The van der Waals surface area contributed by atoms with E-state index < -0.39 is 10.0 Å². The minimum absolute atomic E-state index is 0.196. The lowest BCUT2D eigenvalue weighted by molar-refractivity contribution is 0.598. The van der Waals surface area contributed by atoms with Crippen LogP contribution in [0.4, 0.5) is 5.69 Å². The van der Waals surface area contributed by atoms with Crippen molar-refractivity contribution in [2.75, 3.05) is 11.2 Å². The molecular formula is C26H24N2O2S2. The van der Waals surface area contributed by atoms with Crippen molar-refractivity contribution in [3.63, 3.8) is 0 Å². The maximum atomic E-state index is 12.8. The molecule has 0 aliphatic carbocycles. The number of nitrogens with zero attached hydrogens (tertiary/aromatic N) is 2. The van der Waals surface area contributed by atoms with E-state index in [-0.39, 0.29) is 4.90 Å². The topological polar surface area (TPSA) is 49.7 Å². The highest BCUT2D eigenvalue weighted by atomic mass is 32.2. The fraction of sp³-hybridized carbons (Fsp3) is 0.115. The third-order valence-electron chi connectivity index (χ3n) is 5.17. The Morgan fingerprint density at radius 1 is 0.969 bits per heavy atom. The largest absolute Gasteiger partial charge is 0.343 e. The SMILES string of the molecule is CSC(/C=C1\C=CN(Cc2ccccc2)c2ccccc21)=NS(=O)(=O)c1ccc(C)cc1. The number of para-hydroxylation sites is 1. The number of fused-ring (bicyclic) bond motifs is 1. The number of rotatable bonds is 5. The fourth-order valence-electron chi connectivity index (χ4n) is 3.49. The molecule has 0 unspecified atom stereocenters. The van der Waals surface area contributed by atoms with Gasteiger partial charge in [-0.1, -0.05) is 66.2 Å². The molecule has 1 heterocycles. The van der Waals surface area contributed by atoms with Crippen LogP contribution < -0.4 is 4.90 Å². The van der Waals surface area contributed by atoms with Crippen LogP contribution in [0.15, 0.2) is 107 Å². The highest BCUT2D eigenvalue weighted by Gasteiger charge is 2.18.